The number of nitrogens with one attached hydrogen (secondary N) is 3. The molecule has 7 heteroatoms. The summed E-state index contributed by atoms with van der Waals surface area (Å²) in [7, 11) is 0. The first kappa shape index (κ1) is 17.4. The van der Waals surface area contributed by atoms with Gasteiger partial charge in [0.05, 0.1) is 19.3 Å². The van der Waals surface area contributed by atoms with Crippen molar-refractivity contribution in [3.63, 3.8) is 0 Å². The van der Waals surface area contributed by atoms with E-state index in [1.54, 1.807) is 0 Å². The summed E-state index contributed by atoms with van der Waals surface area (Å²) in [5.41, 5.74) is 0.921. The summed E-state index contributed by atoms with van der Waals surface area (Å²) in [6.07, 6.45) is 3.38. The molecule has 2 aliphatic heterocycles. The molecule has 2 aliphatic rings. The van der Waals surface area contributed by atoms with Gasteiger partial charge in [-0.2, -0.15) is 0 Å². The summed E-state index contributed by atoms with van der Waals surface area (Å²) >= 11 is 0. The van der Waals surface area contributed by atoms with E-state index in [0.717, 1.165) is 30.6 Å². The van der Waals surface area contributed by atoms with Crippen molar-refractivity contribution in [3.05, 3.63) is 23.8 Å². The number of fused-ring (bicyclic) bond motifs is 1. The lowest BCUT2D eigenvalue weighted by Gasteiger charge is -2.20. The Bertz CT molecular complexity index is 635. The molecular weight excluding hydrogens is 322 g/mol. The molecule has 1 fully saturated rings. The summed E-state index contributed by atoms with van der Waals surface area (Å²) in [6.45, 7) is 3.83. The molecule has 1 aromatic rings. The van der Waals surface area contributed by atoms with Crippen LogP contribution in [0, 0.1) is 0 Å². The number of rotatable bonds is 3. The van der Waals surface area contributed by atoms with Crippen LogP contribution in [0.3, 0.4) is 0 Å². The maximum absolute atomic E-state index is 12.2. The quantitative estimate of drug-likeness (QED) is 0.779. The highest BCUT2D eigenvalue weighted by atomic mass is 16.5. The molecule has 7 nitrogen and oxygen atoms in total. The minimum atomic E-state index is -0.474. The third-order valence-corrected chi connectivity index (χ3v) is 4.46. The molecule has 136 valence electrons. The number of amides is 3. The topological polar surface area (TPSA) is 88.7 Å². The zero-order valence-electron chi connectivity index (χ0n) is 14.5. The van der Waals surface area contributed by atoms with Crippen molar-refractivity contribution in [2.45, 2.75) is 44.7 Å². The molecule has 25 heavy (non-hydrogen) atoms. The average molecular weight is 347 g/mol. The van der Waals surface area contributed by atoms with Crippen LogP contribution in [0.2, 0.25) is 0 Å². The van der Waals surface area contributed by atoms with E-state index in [1.807, 2.05) is 25.1 Å². The average Bonchev–Trinajstić information content (AvgIpc) is 2.95. The van der Waals surface area contributed by atoms with Crippen LogP contribution in [-0.2, 0) is 4.79 Å². The van der Waals surface area contributed by atoms with E-state index >= 15 is 0 Å². The van der Waals surface area contributed by atoms with Gasteiger partial charge in [0.2, 0.25) is 5.91 Å². The summed E-state index contributed by atoms with van der Waals surface area (Å²) < 4.78 is 11.3. The van der Waals surface area contributed by atoms with Gasteiger partial charge in [0.15, 0.2) is 11.5 Å². The second kappa shape index (κ2) is 8.09. The predicted molar refractivity (Wildman–Crippen MR) is 92.8 cm³/mol. The lowest BCUT2D eigenvalue weighted by molar-refractivity contribution is -0.122. The molecule has 0 aromatic heterocycles. The van der Waals surface area contributed by atoms with E-state index in [2.05, 4.69) is 16.0 Å². The second-order valence-electron chi connectivity index (χ2n) is 6.44. The van der Waals surface area contributed by atoms with Crippen LogP contribution in [-0.4, -0.2) is 37.7 Å². The molecule has 1 saturated heterocycles. The van der Waals surface area contributed by atoms with Gasteiger partial charge in [-0.05, 0) is 43.9 Å². The fourth-order valence-electron chi connectivity index (χ4n) is 3.01. The molecule has 3 N–H and O–H groups in total. The zero-order valence-corrected chi connectivity index (χ0v) is 14.5. The molecule has 0 bridgehead atoms. The highest BCUT2D eigenvalue weighted by molar-refractivity contribution is 5.87. The van der Waals surface area contributed by atoms with E-state index in [-0.39, 0.29) is 18.0 Å². The van der Waals surface area contributed by atoms with E-state index in [1.165, 1.54) is 0 Å². The predicted octanol–water partition coefficient (Wildman–Crippen LogP) is 1.88. The van der Waals surface area contributed by atoms with Crippen LogP contribution in [0.15, 0.2) is 18.2 Å². The molecule has 3 amide bonds. The minimum Gasteiger partial charge on any atom is -0.490 e. The Morgan fingerprint density at radius 1 is 1.20 bits per heavy atom. The first-order chi connectivity index (χ1) is 12.1. The maximum atomic E-state index is 12.2. The lowest BCUT2D eigenvalue weighted by atomic mass is 10.1. The Morgan fingerprint density at radius 3 is 2.84 bits per heavy atom. The molecule has 0 saturated carbocycles. The van der Waals surface area contributed by atoms with Crippen LogP contribution in [0.4, 0.5) is 4.79 Å². The van der Waals surface area contributed by atoms with Crippen LogP contribution in [0.1, 0.15) is 44.2 Å². The molecule has 0 radical (unpaired) electrons. The van der Waals surface area contributed by atoms with Crippen molar-refractivity contribution >= 4 is 11.9 Å². The number of benzene rings is 1. The largest absolute Gasteiger partial charge is 0.490 e. The van der Waals surface area contributed by atoms with Gasteiger partial charge in [0.25, 0.3) is 0 Å². The molecule has 2 heterocycles. The molecule has 1 aromatic carbocycles. The van der Waals surface area contributed by atoms with Gasteiger partial charge >= 0.3 is 6.03 Å². The van der Waals surface area contributed by atoms with Crippen molar-refractivity contribution in [2.24, 2.45) is 0 Å². The van der Waals surface area contributed by atoms with Crippen LogP contribution < -0.4 is 25.4 Å². The van der Waals surface area contributed by atoms with E-state index in [9.17, 15) is 9.59 Å². The monoisotopic (exact) mass is 347 g/mol. The third-order valence-electron chi connectivity index (χ3n) is 4.46. The maximum Gasteiger partial charge on any atom is 0.315 e. The van der Waals surface area contributed by atoms with Crippen molar-refractivity contribution in [1.82, 2.24) is 16.0 Å². The van der Waals surface area contributed by atoms with Gasteiger partial charge in [-0.3, -0.25) is 4.79 Å². The van der Waals surface area contributed by atoms with Crippen molar-refractivity contribution < 1.29 is 19.1 Å². The summed E-state index contributed by atoms with van der Waals surface area (Å²) in [4.78, 5) is 24.2. The first-order valence-electron chi connectivity index (χ1n) is 8.88. The van der Waals surface area contributed by atoms with Crippen LogP contribution >= 0.6 is 0 Å². The Hall–Kier alpha value is -2.44. The standard InChI is InChI=1S/C18H25N3O4/c1-12(13-6-7-15-16(11-13)25-10-4-9-24-15)20-18(23)21-14-5-2-3-8-19-17(14)22/h6-7,11-12,14H,2-5,8-10H2,1H3,(H,19,22)(H2,20,21,23)/t12-,14-/m1/s1. The SMILES string of the molecule is C[C@@H](NC(=O)N[C@@H]1CCCCNC1=O)c1ccc2c(c1)OCCCO2. The summed E-state index contributed by atoms with van der Waals surface area (Å²) in [5.74, 6) is 1.32. The third kappa shape index (κ3) is 4.55. The van der Waals surface area contributed by atoms with Crippen molar-refractivity contribution in [2.75, 3.05) is 19.8 Å². The molecule has 0 spiro atoms. The normalized spacial score (nSPS) is 21.3. The van der Waals surface area contributed by atoms with Gasteiger partial charge in [-0.1, -0.05) is 6.07 Å². The van der Waals surface area contributed by atoms with Crippen molar-refractivity contribution in [1.29, 1.82) is 0 Å². The second-order valence-corrected chi connectivity index (χ2v) is 6.44. The number of urea groups is 1. The number of ether oxygens (including phenoxy) is 2. The summed E-state index contributed by atoms with van der Waals surface area (Å²) in [5, 5.41) is 8.46. The van der Waals surface area contributed by atoms with E-state index in [4.69, 9.17) is 9.47 Å². The van der Waals surface area contributed by atoms with Gasteiger partial charge in [-0.25, -0.2) is 4.79 Å². The lowest BCUT2D eigenvalue weighted by Crippen LogP contribution is -2.49. The molecule has 0 aliphatic carbocycles. The smallest absolute Gasteiger partial charge is 0.315 e. The van der Waals surface area contributed by atoms with Gasteiger partial charge in [-0.15, -0.1) is 0 Å². The highest BCUT2D eigenvalue weighted by Crippen LogP contribution is 2.32. The number of hydrogen-bond donors (Lipinski definition) is 3. The van der Waals surface area contributed by atoms with Gasteiger partial charge < -0.3 is 25.4 Å². The Balaban J connectivity index is 1.59. The van der Waals surface area contributed by atoms with Crippen molar-refractivity contribution in [3.8, 4) is 11.5 Å². The first-order valence-corrected chi connectivity index (χ1v) is 8.88. The van der Waals surface area contributed by atoms with E-state index in [0.29, 0.717) is 31.9 Å². The summed E-state index contributed by atoms with van der Waals surface area (Å²) in [6, 6.07) is 4.64. The Kier molecular flexibility index (Phi) is 5.63. The molecular formula is C18H25N3O4. The molecule has 3 rings (SSSR count). The highest BCUT2D eigenvalue weighted by Gasteiger charge is 2.23. The minimum absolute atomic E-state index is 0.115. The van der Waals surface area contributed by atoms with E-state index < -0.39 is 6.04 Å². The van der Waals surface area contributed by atoms with Gasteiger partial charge in [0, 0.05) is 13.0 Å². The molecule has 2 atom stereocenters. The molecule has 0 unspecified atom stereocenters. The number of carbonyl (C=O) groups excluding carboxylic acids is 2. The Morgan fingerprint density at radius 2 is 2.00 bits per heavy atom. The fourth-order valence-corrected chi connectivity index (χ4v) is 3.01. The van der Waals surface area contributed by atoms with Gasteiger partial charge in [0.1, 0.15) is 6.04 Å². The van der Waals surface area contributed by atoms with Crippen LogP contribution in [0.25, 0.3) is 0 Å². The fraction of sp³-hybridized carbons (Fsp3) is 0.556. The number of hydrogen-bond acceptors (Lipinski definition) is 4. The number of carbonyl (C=O) groups is 2. The Labute approximate surface area is 147 Å². The van der Waals surface area contributed by atoms with Crippen LogP contribution in [0.5, 0.6) is 11.5 Å². The zero-order chi connectivity index (χ0) is 17.6.